The van der Waals surface area contributed by atoms with Gasteiger partial charge in [0, 0.05) is 12.3 Å². The Morgan fingerprint density at radius 2 is 1.91 bits per heavy atom. The summed E-state index contributed by atoms with van der Waals surface area (Å²) in [6.45, 7) is 8.80. The molecule has 6 heteroatoms. The SMILES string of the molecule is Cc1nc(C2(NCc3nc(C(C)(C)C)co3)CCCCC2)no1. The molecule has 0 saturated heterocycles. The minimum atomic E-state index is -0.230. The summed E-state index contributed by atoms with van der Waals surface area (Å²) < 4.78 is 10.8. The number of hydrogen-bond donors (Lipinski definition) is 1. The maximum atomic E-state index is 5.63. The number of nitrogens with zero attached hydrogens (tertiary/aromatic N) is 3. The first kappa shape index (κ1) is 16.2. The van der Waals surface area contributed by atoms with Gasteiger partial charge in [0.1, 0.15) is 6.26 Å². The fraction of sp³-hybridized carbons (Fsp3) is 0.706. The van der Waals surface area contributed by atoms with Gasteiger partial charge in [-0.3, -0.25) is 5.32 Å². The molecule has 23 heavy (non-hydrogen) atoms. The monoisotopic (exact) mass is 318 g/mol. The molecule has 0 atom stereocenters. The largest absolute Gasteiger partial charge is 0.447 e. The Morgan fingerprint density at radius 1 is 1.17 bits per heavy atom. The van der Waals surface area contributed by atoms with Crippen molar-refractivity contribution in [1.29, 1.82) is 0 Å². The second-order valence-electron chi connectivity index (χ2n) is 7.51. The van der Waals surface area contributed by atoms with Gasteiger partial charge in [-0.25, -0.2) is 4.98 Å². The van der Waals surface area contributed by atoms with E-state index in [1.165, 1.54) is 19.3 Å². The van der Waals surface area contributed by atoms with E-state index >= 15 is 0 Å². The second kappa shape index (κ2) is 6.07. The third-order valence-corrected chi connectivity index (χ3v) is 4.56. The van der Waals surface area contributed by atoms with E-state index in [9.17, 15) is 0 Å². The van der Waals surface area contributed by atoms with Crippen molar-refractivity contribution in [3.63, 3.8) is 0 Å². The van der Waals surface area contributed by atoms with Crippen molar-refractivity contribution >= 4 is 0 Å². The molecule has 126 valence electrons. The smallest absolute Gasteiger partial charge is 0.223 e. The Morgan fingerprint density at radius 3 is 2.48 bits per heavy atom. The highest BCUT2D eigenvalue weighted by Crippen LogP contribution is 2.36. The summed E-state index contributed by atoms with van der Waals surface area (Å²) in [4.78, 5) is 9.07. The Bertz CT molecular complexity index is 648. The summed E-state index contributed by atoms with van der Waals surface area (Å²) >= 11 is 0. The molecule has 1 saturated carbocycles. The van der Waals surface area contributed by atoms with E-state index in [4.69, 9.17) is 8.94 Å². The van der Waals surface area contributed by atoms with Gasteiger partial charge in [0.05, 0.1) is 17.8 Å². The summed E-state index contributed by atoms with van der Waals surface area (Å²) in [5.41, 5.74) is 0.740. The van der Waals surface area contributed by atoms with Crippen LogP contribution in [0.5, 0.6) is 0 Å². The van der Waals surface area contributed by atoms with Gasteiger partial charge in [0.25, 0.3) is 0 Å². The third kappa shape index (κ3) is 3.47. The molecule has 1 aliphatic rings. The predicted octanol–water partition coefficient (Wildman–Crippen LogP) is 3.61. The van der Waals surface area contributed by atoms with Gasteiger partial charge in [0.2, 0.25) is 11.8 Å². The molecule has 0 spiro atoms. The average Bonchev–Trinajstić information content (AvgIpc) is 3.15. The molecule has 0 radical (unpaired) electrons. The van der Waals surface area contributed by atoms with Gasteiger partial charge in [-0.1, -0.05) is 45.2 Å². The first-order chi connectivity index (χ1) is 10.9. The fourth-order valence-electron chi connectivity index (χ4n) is 3.11. The van der Waals surface area contributed by atoms with E-state index < -0.39 is 0 Å². The number of aromatic nitrogens is 3. The van der Waals surface area contributed by atoms with E-state index in [0.29, 0.717) is 18.3 Å². The molecule has 3 rings (SSSR count). The molecule has 0 bridgehead atoms. The molecule has 1 N–H and O–H groups in total. The molecule has 2 aromatic heterocycles. The lowest BCUT2D eigenvalue weighted by Crippen LogP contribution is -2.44. The number of rotatable bonds is 4. The molecule has 2 heterocycles. The maximum absolute atomic E-state index is 5.63. The van der Waals surface area contributed by atoms with E-state index in [1.54, 1.807) is 6.26 Å². The van der Waals surface area contributed by atoms with Crippen molar-refractivity contribution in [3.05, 3.63) is 29.6 Å². The molecule has 0 amide bonds. The first-order valence-electron chi connectivity index (χ1n) is 8.40. The molecular formula is C17H26N4O2. The summed E-state index contributed by atoms with van der Waals surface area (Å²) in [6, 6.07) is 0. The van der Waals surface area contributed by atoms with Gasteiger partial charge in [-0.05, 0) is 12.8 Å². The van der Waals surface area contributed by atoms with Crippen LogP contribution in [0.4, 0.5) is 0 Å². The van der Waals surface area contributed by atoms with Crippen LogP contribution < -0.4 is 5.32 Å². The van der Waals surface area contributed by atoms with Gasteiger partial charge in [-0.15, -0.1) is 0 Å². The molecule has 0 aromatic carbocycles. The molecule has 1 aliphatic carbocycles. The predicted molar refractivity (Wildman–Crippen MR) is 85.8 cm³/mol. The Hall–Kier alpha value is -1.69. The average molecular weight is 318 g/mol. The zero-order valence-corrected chi connectivity index (χ0v) is 14.5. The van der Waals surface area contributed by atoms with Crippen LogP contribution in [-0.2, 0) is 17.5 Å². The topological polar surface area (TPSA) is 77.0 Å². The highest BCUT2D eigenvalue weighted by Gasteiger charge is 2.38. The number of aryl methyl sites for hydroxylation is 1. The maximum Gasteiger partial charge on any atom is 0.223 e. The Balaban J connectivity index is 1.76. The molecule has 0 aliphatic heterocycles. The summed E-state index contributed by atoms with van der Waals surface area (Å²) in [7, 11) is 0. The summed E-state index contributed by atoms with van der Waals surface area (Å²) in [5.74, 6) is 2.08. The Labute approximate surface area is 137 Å². The van der Waals surface area contributed by atoms with Crippen molar-refractivity contribution in [2.45, 2.75) is 77.3 Å². The van der Waals surface area contributed by atoms with E-state index in [-0.39, 0.29) is 11.0 Å². The molecule has 2 aromatic rings. The van der Waals surface area contributed by atoms with Crippen LogP contribution in [0.1, 0.15) is 76.2 Å². The van der Waals surface area contributed by atoms with Crippen molar-refractivity contribution in [3.8, 4) is 0 Å². The normalized spacial score (nSPS) is 18.3. The zero-order chi connectivity index (χ0) is 16.5. The number of hydrogen-bond acceptors (Lipinski definition) is 6. The highest BCUT2D eigenvalue weighted by atomic mass is 16.5. The zero-order valence-electron chi connectivity index (χ0n) is 14.5. The van der Waals surface area contributed by atoms with Crippen LogP contribution in [0.3, 0.4) is 0 Å². The van der Waals surface area contributed by atoms with Crippen LogP contribution in [-0.4, -0.2) is 15.1 Å². The Kier molecular flexibility index (Phi) is 4.27. The van der Waals surface area contributed by atoms with E-state index in [1.807, 2.05) is 6.92 Å². The van der Waals surface area contributed by atoms with Gasteiger partial charge in [0.15, 0.2) is 5.82 Å². The minimum Gasteiger partial charge on any atom is -0.447 e. The van der Waals surface area contributed by atoms with Crippen molar-refractivity contribution < 1.29 is 8.94 Å². The quantitative estimate of drug-likeness (QED) is 0.928. The molecular weight excluding hydrogens is 292 g/mol. The molecule has 1 fully saturated rings. The van der Waals surface area contributed by atoms with Crippen molar-refractivity contribution in [2.24, 2.45) is 0 Å². The van der Waals surface area contributed by atoms with Crippen LogP contribution in [0, 0.1) is 6.92 Å². The van der Waals surface area contributed by atoms with Gasteiger partial charge in [-0.2, -0.15) is 4.98 Å². The minimum absolute atomic E-state index is 0.00490. The van der Waals surface area contributed by atoms with E-state index in [0.717, 1.165) is 24.4 Å². The van der Waals surface area contributed by atoms with Crippen LogP contribution in [0.2, 0.25) is 0 Å². The van der Waals surface area contributed by atoms with Crippen LogP contribution in [0.15, 0.2) is 15.2 Å². The summed E-state index contributed by atoms with van der Waals surface area (Å²) in [5, 5.41) is 7.77. The van der Waals surface area contributed by atoms with Gasteiger partial charge < -0.3 is 8.94 Å². The second-order valence-corrected chi connectivity index (χ2v) is 7.51. The lowest BCUT2D eigenvalue weighted by Gasteiger charge is -2.35. The molecule has 0 unspecified atom stereocenters. The lowest BCUT2D eigenvalue weighted by atomic mass is 9.81. The van der Waals surface area contributed by atoms with Crippen molar-refractivity contribution in [2.75, 3.05) is 0 Å². The summed E-state index contributed by atoms with van der Waals surface area (Å²) in [6.07, 6.45) is 7.37. The van der Waals surface area contributed by atoms with Gasteiger partial charge >= 0.3 is 0 Å². The van der Waals surface area contributed by atoms with Crippen LogP contribution >= 0.6 is 0 Å². The number of nitrogens with one attached hydrogen (secondary N) is 1. The number of oxazole rings is 1. The standard InChI is InChI=1S/C17H26N4O2/c1-12-19-15(21-23-12)17(8-6-5-7-9-17)18-10-14-20-13(11-22-14)16(2,3)4/h11,18H,5-10H2,1-4H3. The third-order valence-electron chi connectivity index (χ3n) is 4.56. The van der Waals surface area contributed by atoms with E-state index in [2.05, 4.69) is 41.2 Å². The molecule has 6 nitrogen and oxygen atoms in total. The first-order valence-corrected chi connectivity index (χ1v) is 8.40. The fourth-order valence-corrected chi connectivity index (χ4v) is 3.11. The highest BCUT2D eigenvalue weighted by molar-refractivity contribution is 5.10. The van der Waals surface area contributed by atoms with Crippen LogP contribution in [0.25, 0.3) is 0 Å². The van der Waals surface area contributed by atoms with Crippen molar-refractivity contribution in [1.82, 2.24) is 20.4 Å². The lowest BCUT2D eigenvalue weighted by molar-refractivity contribution is 0.204.